The van der Waals surface area contributed by atoms with E-state index in [9.17, 15) is 20.2 Å². The molecule has 12 heteroatoms. The van der Waals surface area contributed by atoms with Crippen LogP contribution in [0.4, 0.5) is 5.82 Å². The molecule has 0 saturated carbocycles. The molecule has 2 aromatic rings. The Labute approximate surface area is 185 Å². The average molecular weight is 449 g/mol. The summed E-state index contributed by atoms with van der Waals surface area (Å²) in [6.45, 7) is 8.30. The topological polar surface area (TPSA) is 158 Å². The summed E-state index contributed by atoms with van der Waals surface area (Å²) in [6.07, 6.45) is -1.45. The maximum Gasteiger partial charge on any atom is 0.251 e. The van der Waals surface area contributed by atoms with Gasteiger partial charge in [-0.15, -0.1) is 10.3 Å². The molecule has 32 heavy (non-hydrogen) atoms. The van der Waals surface area contributed by atoms with Crippen molar-refractivity contribution in [3.63, 3.8) is 0 Å². The number of rotatable bonds is 5. The number of amides is 1. The molecule has 2 aliphatic rings. The zero-order chi connectivity index (χ0) is 23.4. The maximum absolute atomic E-state index is 12.6. The predicted molar refractivity (Wildman–Crippen MR) is 113 cm³/mol. The van der Waals surface area contributed by atoms with Crippen LogP contribution in [-0.2, 0) is 14.7 Å². The Morgan fingerprint density at radius 2 is 1.94 bits per heavy atom. The smallest absolute Gasteiger partial charge is 0.251 e. The van der Waals surface area contributed by atoms with Crippen molar-refractivity contribution in [1.29, 1.82) is 0 Å². The molecule has 12 nitrogen and oxygen atoms in total. The van der Waals surface area contributed by atoms with Gasteiger partial charge < -0.3 is 25.6 Å². The summed E-state index contributed by atoms with van der Waals surface area (Å²) in [4.78, 5) is 24.9. The highest BCUT2D eigenvalue weighted by Crippen LogP contribution is 2.43. The van der Waals surface area contributed by atoms with E-state index in [1.807, 2.05) is 27.7 Å². The van der Waals surface area contributed by atoms with Crippen LogP contribution in [0.1, 0.15) is 40.3 Å². The standard InChI is InChI=1S/C20H30N7O5/c1-19(2)6-10(20(3,4)27(19)31)7-22-15-11-16(24-8-23-15)26(9-25-11)18-13(29)12(28)14(32-18)17(30)21-5/h8-10,12-14,18,28-29H,6-7H2,1-5H3,(H,21,30)(H,22,23,24)/t10?,12-,13+,14-,18+/m0/s1. The van der Waals surface area contributed by atoms with Crippen LogP contribution in [0.5, 0.6) is 0 Å². The fraction of sp³-hybridized carbons (Fsp3) is 0.700. The molecule has 175 valence electrons. The third-order valence-electron chi connectivity index (χ3n) is 6.71. The number of likely N-dealkylation sites (N-methyl/N-ethyl adjacent to an activating group) is 1. The second kappa shape index (κ2) is 7.89. The van der Waals surface area contributed by atoms with Gasteiger partial charge in [0.1, 0.15) is 18.5 Å². The summed E-state index contributed by atoms with van der Waals surface area (Å²) in [5.41, 5.74) is -0.145. The number of carbonyl (C=O) groups excluding carboxylic acids is 1. The Morgan fingerprint density at radius 1 is 1.22 bits per heavy atom. The number of hydrogen-bond donors (Lipinski definition) is 4. The molecule has 1 unspecified atom stereocenters. The zero-order valence-electron chi connectivity index (χ0n) is 18.8. The minimum absolute atomic E-state index is 0.0885. The van der Waals surface area contributed by atoms with E-state index in [1.165, 1.54) is 29.3 Å². The van der Waals surface area contributed by atoms with Crippen LogP contribution < -0.4 is 10.6 Å². The van der Waals surface area contributed by atoms with Gasteiger partial charge in [-0.05, 0) is 40.0 Å². The number of hydroxylamine groups is 2. The van der Waals surface area contributed by atoms with Crippen molar-refractivity contribution in [2.24, 2.45) is 5.92 Å². The van der Waals surface area contributed by atoms with E-state index < -0.39 is 41.5 Å². The van der Waals surface area contributed by atoms with Crippen LogP contribution in [-0.4, -0.2) is 83.7 Å². The van der Waals surface area contributed by atoms with Crippen molar-refractivity contribution in [3.8, 4) is 0 Å². The van der Waals surface area contributed by atoms with Crippen molar-refractivity contribution in [1.82, 2.24) is 29.9 Å². The number of carbonyl (C=O) groups is 1. The summed E-state index contributed by atoms with van der Waals surface area (Å²) in [5.74, 6) is 0.0445. The molecule has 0 aromatic carbocycles. The molecule has 2 fully saturated rings. The summed E-state index contributed by atoms with van der Waals surface area (Å²) in [5, 5.41) is 40.2. The molecule has 4 rings (SSSR count). The third kappa shape index (κ3) is 3.52. The van der Waals surface area contributed by atoms with Crippen molar-refractivity contribution in [2.75, 3.05) is 18.9 Å². The van der Waals surface area contributed by atoms with Crippen LogP contribution in [0, 0.1) is 5.92 Å². The van der Waals surface area contributed by atoms with Gasteiger partial charge in [0.05, 0.1) is 6.33 Å². The zero-order valence-corrected chi connectivity index (χ0v) is 18.8. The number of aromatic nitrogens is 4. The summed E-state index contributed by atoms with van der Waals surface area (Å²) >= 11 is 0. The number of fused-ring (bicyclic) bond motifs is 1. The number of nitrogens with zero attached hydrogens (tertiary/aromatic N) is 5. The average Bonchev–Trinajstić information content (AvgIpc) is 3.35. The van der Waals surface area contributed by atoms with Gasteiger partial charge >= 0.3 is 0 Å². The molecule has 2 aliphatic heterocycles. The quantitative estimate of drug-likeness (QED) is 0.487. The van der Waals surface area contributed by atoms with E-state index in [4.69, 9.17) is 4.74 Å². The molecule has 2 aromatic heterocycles. The number of nitrogens with one attached hydrogen (secondary N) is 2. The lowest BCUT2D eigenvalue weighted by Gasteiger charge is -2.33. The minimum atomic E-state index is -1.39. The Balaban J connectivity index is 1.56. The number of ether oxygens (including phenoxy) is 1. The van der Waals surface area contributed by atoms with Crippen LogP contribution in [0.25, 0.3) is 11.2 Å². The maximum atomic E-state index is 12.6. The first-order chi connectivity index (χ1) is 15.0. The van der Waals surface area contributed by atoms with Crippen LogP contribution in [0.2, 0.25) is 0 Å². The second-order valence-corrected chi connectivity index (χ2v) is 9.63. The Morgan fingerprint density at radius 3 is 2.56 bits per heavy atom. The van der Waals surface area contributed by atoms with Gasteiger partial charge in [0, 0.05) is 24.7 Å². The largest absolute Gasteiger partial charge is 0.387 e. The van der Waals surface area contributed by atoms with E-state index in [2.05, 4.69) is 25.6 Å². The first kappa shape index (κ1) is 22.8. The van der Waals surface area contributed by atoms with E-state index >= 15 is 0 Å². The molecule has 0 aliphatic carbocycles. The molecule has 1 radical (unpaired) electrons. The van der Waals surface area contributed by atoms with Crippen LogP contribution >= 0.6 is 0 Å². The van der Waals surface area contributed by atoms with Crippen molar-refractivity contribution >= 4 is 22.9 Å². The molecule has 4 heterocycles. The molecule has 0 bridgehead atoms. The normalized spacial score (nSPS) is 31.8. The Bertz CT molecular complexity index is 1010. The van der Waals surface area contributed by atoms with Gasteiger partial charge in [0.25, 0.3) is 5.91 Å². The fourth-order valence-corrected chi connectivity index (χ4v) is 4.84. The highest BCUT2D eigenvalue weighted by Gasteiger charge is 2.52. The summed E-state index contributed by atoms with van der Waals surface area (Å²) in [6, 6.07) is 0. The molecular weight excluding hydrogens is 418 g/mol. The van der Waals surface area contributed by atoms with E-state index in [0.29, 0.717) is 23.5 Å². The monoisotopic (exact) mass is 448 g/mol. The Kier molecular flexibility index (Phi) is 5.62. The minimum Gasteiger partial charge on any atom is -0.387 e. The molecule has 4 N–H and O–H groups in total. The first-order valence-electron chi connectivity index (χ1n) is 10.6. The first-order valence-corrected chi connectivity index (χ1v) is 10.6. The summed E-state index contributed by atoms with van der Waals surface area (Å²) in [7, 11) is 1.43. The SMILES string of the molecule is CNC(=O)[C@H]1O[C@@H](n2cnc3c(NCC4CC(C)(C)N([O])C4(C)C)ncnc32)[C@H](O)[C@@H]1O. The van der Waals surface area contributed by atoms with Gasteiger partial charge in [0.2, 0.25) is 0 Å². The molecule has 5 atom stereocenters. The van der Waals surface area contributed by atoms with E-state index in [1.54, 1.807) is 0 Å². The Hall–Kier alpha value is -2.38. The van der Waals surface area contributed by atoms with Crippen LogP contribution in [0.15, 0.2) is 12.7 Å². The van der Waals surface area contributed by atoms with Gasteiger partial charge in [-0.3, -0.25) is 9.36 Å². The highest BCUT2D eigenvalue weighted by atomic mass is 16.6. The fourth-order valence-electron chi connectivity index (χ4n) is 4.84. The van der Waals surface area contributed by atoms with Crippen molar-refractivity contribution in [2.45, 2.75) is 69.7 Å². The molecular formula is C20H30N7O5. The number of imidazole rings is 1. The highest BCUT2D eigenvalue weighted by molar-refractivity contribution is 5.83. The van der Waals surface area contributed by atoms with Crippen molar-refractivity contribution in [3.05, 3.63) is 12.7 Å². The van der Waals surface area contributed by atoms with Gasteiger partial charge in [-0.1, -0.05) is 0 Å². The number of aliphatic hydroxyl groups is 2. The molecule has 2 saturated heterocycles. The summed E-state index contributed by atoms with van der Waals surface area (Å²) < 4.78 is 7.10. The number of anilines is 1. The number of aliphatic hydroxyl groups excluding tert-OH is 2. The van der Waals surface area contributed by atoms with Gasteiger partial charge in [0.15, 0.2) is 29.3 Å². The van der Waals surface area contributed by atoms with Crippen LogP contribution in [0.3, 0.4) is 0 Å². The lowest BCUT2D eigenvalue weighted by Crippen LogP contribution is -2.47. The lowest BCUT2D eigenvalue weighted by atomic mass is 9.87. The number of hydrogen-bond acceptors (Lipinski definition) is 9. The van der Waals surface area contributed by atoms with Gasteiger partial charge in [-0.25, -0.2) is 15.0 Å². The van der Waals surface area contributed by atoms with Gasteiger partial charge in [-0.2, -0.15) is 0 Å². The lowest BCUT2D eigenvalue weighted by molar-refractivity contribution is -0.248. The van der Waals surface area contributed by atoms with Crippen molar-refractivity contribution < 1.29 is 25.0 Å². The van der Waals surface area contributed by atoms with E-state index in [-0.39, 0.29) is 5.92 Å². The second-order valence-electron chi connectivity index (χ2n) is 9.63. The van der Waals surface area contributed by atoms with E-state index in [0.717, 1.165) is 6.42 Å². The molecule has 1 amide bonds. The predicted octanol–water partition coefficient (Wildman–Crippen LogP) is -0.172. The molecule has 0 spiro atoms. The third-order valence-corrected chi connectivity index (χ3v) is 6.71.